The van der Waals surface area contributed by atoms with Gasteiger partial charge in [0.1, 0.15) is 5.82 Å². The first-order valence-corrected chi connectivity index (χ1v) is 7.70. The zero-order valence-corrected chi connectivity index (χ0v) is 12.4. The van der Waals surface area contributed by atoms with E-state index in [1.54, 1.807) is 0 Å². The molecule has 2 aliphatic heterocycles. The summed E-state index contributed by atoms with van der Waals surface area (Å²) in [5, 5.41) is 0.346. The van der Waals surface area contributed by atoms with E-state index in [4.69, 9.17) is 11.6 Å². The van der Waals surface area contributed by atoms with E-state index in [1.165, 1.54) is 24.5 Å². The van der Waals surface area contributed by atoms with Gasteiger partial charge in [0.25, 0.3) is 0 Å². The summed E-state index contributed by atoms with van der Waals surface area (Å²) >= 11 is 9.53. The van der Waals surface area contributed by atoms with E-state index in [1.807, 2.05) is 12.1 Å². The third-order valence-corrected chi connectivity index (χ3v) is 5.14. The van der Waals surface area contributed by atoms with Gasteiger partial charge in [0.2, 0.25) is 0 Å². The largest absolute Gasteiger partial charge is 0.293 e. The molecular weight excluding hydrogens is 317 g/mol. The molecule has 0 aliphatic carbocycles. The Bertz CT molecular complexity index is 439. The fraction of sp³-hybridized carbons (Fsp3) is 0.571. The number of halogens is 3. The lowest BCUT2D eigenvalue weighted by atomic mass is 10.0. The van der Waals surface area contributed by atoms with Crippen LogP contribution in [-0.2, 0) is 6.54 Å². The average molecular weight is 333 g/mol. The molecule has 0 aromatic heterocycles. The van der Waals surface area contributed by atoms with Crippen molar-refractivity contribution in [2.75, 3.05) is 0 Å². The van der Waals surface area contributed by atoms with E-state index >= 15 is 0 Å². The zero-order chi connectivity index (χ0) is 12.7. The first-order chi connectivity index (χ1) is 8.63. The summed E-state index contributed by atoms with van der Waals surface area (Å²) in [6, 6.07) is 6.55. The molecule has 4 heteroatoms. The molecule has 0 radical (unpaired) electrons. The van der Waals surface area contributed by atoms with E-state index in [-0.39, 0.29) is 5.82 Å². The van der Waals surface area contributed by atoms with Gasteiger partial charge in [0.15, 0.2) is 0 Å². The second-order valence-electron chi connectivity index (χ2n) is 5.37. The van der Waals surface area contributed by atoms with E-state index < -0.39 is 0 Å². The lowest BCUT2D eigenvalue weighted by Crippen LogP contribution is -2.42. The Morgan fingerprint density at radius 2 is 1.94 bits per heavy atom. The highest BCUT2D eigenvalue weighted by Crippen LogP contribution is 2.38. The van der Waals surface area contributed by atoms with Gasteiger partial charge >= 0.3 is 0 Å². The van der Waals surface area contributed by atoms with E-state index in [2.05, 4.69) is 20.8 Å². The van der Waals surface area contributed by atoms with Gasteiger partial charge in [0, 0.05) is 24.0 Å². The lowest BCUT2D eigenvalue weighted by molar-refractivity contribution is 0.134. The molecule has 0 saturated carbocycles. The van der Waals surface area contributed by atoms with Gasteiger partial charge in [-0.05, 0) is 59.3 Å². The molecule has 3 rings (SSSR count). The second kappa shape index (κ2) is 5.10. The van der Waals surface area contributed by atoms with Gasteiger partial charge in [-0.1, -0.05) is 6.07 Å². The molecule has 2 atom stereocenters. The third-order valence-electron chi connectivity index (χ3n) is 4.18. The number of hydrogen-bond acceptors (Lipinski definition) is 1. The maximum absolute atomic E-state index is 13.2. The minimum absolute atomic E-state index is 0.193. The molecular formula is C14H16BrClFN. The summed E-state index contributed by atoms with van der Waals surface area (Å²) in [4.78, 5) is 2.55. The van der Waals surface area contributed by atoms with Crippen LogP contribution >= 0.6 is 27.5 Å². The molecule has 2 fully saturated rings. The fourth-order valence-electron chi connectivity index (χ4n) is 3.31. The normalized spacial score (nSPS) is 31.8. The van der Waals surface area contributed by atoms with Gasteiger partial charge in [0.05, 0.1) is 4.47 Å². The van der Waals surface area contributed by atoms with Gasteiger partial charge in [-0.15, -0.1) is 11.6 Å². The van der Waals surface area contributed by atoms with E-state index in [0.29, 0.717) is 21.9 Å². The Morgan fingerprint density at radius 1 is 1.28 bits per heavy atom. The Morgan fingerprint density at radius 3 is 2.56 bits per heavy atom. The molecule has 2 heterocycles. The number of alkyl halides is 1. The standard InChI is InChI=1S/C14H16BrClFN/c15-13-5-9(1-4-14(13)17)8-18-11-2-3-12(18)7-10(16)6-11/h1,4-5,10-12H,2-3,6-8H2. The lowest BCUT2D eigenvalue weighted by Gasteiger charge is -2.37. The predicted octanol–water partition coefficient (Wildman–Crippen LogP) is 4.32. The number of benzene rings is 1. The highest BCUT2D eigenvalue weighted by Gasteiger charge is 2.39. The highest BCUT2D eigenvalue weighted by molar-refractivity contribution is 9.10. The van der Waals surface area contributed by atoms with Crippen LogP contribution in [0.5, 0.6) is 0 Å². The van der Waals surface area contributed by atoms with Crippen molar-refractivity contribution in [2.45, 2.75) is 49.7 Å². The average Bonchev–Trinajstić information content (AvgIpc) is 2.58. The van der Waals surface area contributed by atoms with Crippen molar-refractivity contribution in [3.05, 3.63) is 34.1 Å². The van der Waals surface area contributed by atoms with Gasteiger partial charge in [-0.3, -0.25) is 4.90 Å². The number of nitrogens with zero attached hydrogens (tertiary/aromatic N) is 1. The van der Waals surface area contributed by atoms with Gasteiger partial charge in [-0.2, -0.15) is 0 Å². The maximum Gasteiger partial charge on any atom is 0.137 e. The SMILES string of the molecule is Fc1ccc(CN2C3CCC2CC(Cl)C3)cc1Br. The molecule has 2 bridgehead atoms. The van der Waals surface area contributed by atoms with Crippen LogP contribution < -0.4 is 0 Å². The van der Waals surface area contributed by atoms with Crippen molar-refractivity contribution in [2.24, 2.45) is 0 Å². The van der Waals surface area contributed by atoms with Crippen LogP contribution in [0.25, 0.3) is 0 Å². The first kappa shape index (κ1) is 12.9. The summed E-state index contributed by atoms with van der Waals surface area (Å²) < 4.78 is 13.8. The number of rotatable bonds is 2. The maximum atomic E-state index is 13.2. The van der Waals surface area contributed by atoms with Crippen LogP contribution in [0.1, 0.15) is 31.2 Å². The zero-order valence-electron chi connectivity index (χ0n) is 10.1. The molecule has 1 aromatic carbocycles. The number of hydrogen-bond donors (Lipinski definition) is 0. The summed E-state index contributed by atoms with van der Waals surface area (Å²) in [6.07, 6.45) is 4.72. The van der Waals surface area contributed by atoms with Crippen LogP contribution in [0.2, 0.25) is 0 Å². The molecule has 0 amide bonds. The number of piperidine rings is 1. The molecule has 1 aromatic rings. The molecule has 98 valence electrons. The fourth-order valence-corrected chi connectivity index (χ4v) is 4.15. The molecule has 2 aliphatic rings. The Balaban J connectivity index is 1.75. The molecule has 0 N–H and O–H groups in total. The highest BCUT2D eigenvalue weighted by atomic mass is 79.9. The molecule has 2 saturated heterocycles. The monoisotopic (exact) mass is 331 g/mol. The molecule has 2 unspecified atom stereocenters. The Kier molecular flexibility index (Phi) is 3.65. The Hall–Kier alpha value is -0.120. The summed E-state index contributed by atoms with van der Waals surface area (Å²) in [6.45, 7) is 0.915. The van der Waals surface area contributed by atoms with Gasteiger partial charge in [-0.25, -0.2) is 4.39 Å². The summed E-state index contributed by atoms with van der Waals surface area (Å²) in [5.41, 5.74) is 1.17. The predicted molar refractivity (Wildman–Crippen MR) is 75.3 cm³/mol. The van der Waals surface area contributed by atoms with Crippen LogP contribution in [0.3, 0.4) is 0 Å². The van der Waals surface area contributed by atoms with Gasteiger partial charge < -0.3 is 0 Å². The summed E-state index contributed by atoms with van der Waals surface area (Å²) in [7, 11) is 0. The number of fused-ring (bicyclic) bond motifs is 2. The van der Waals surface area contributed by atoms with Crippen molar-refractivity contribution in [3.63, 3.8) is 0 Å². The molecule has 0 spiro atoms. The summed E-state index contributed by atoms with van der Waals surface area (Å²) in [5.74, 6) is -0.193. The minimum atomic E-state index is -0.193. The quantitative estimate of drug-likeness (QED) is 0.729. The van der Waals surface area contributed by atoms with Crippen LogP contribution in [-0.4, -0.2) is 22.4 Å². The second-order valence-corrected chi connectivity index (χ2v) is 6.85. The smallest absolute Gasteiger partial charge is 0.137 e. The molecule has 1 nitrogen and oxygen atoms in total. The van der Waals surface area contributed by atoms with Crippen molar-refractivity contribution in [1.82, 2.24) is 4.90 Å². The van der Waals surface area contributed by atoms with Crippen molar-refractivity contribution < 1.29 is 4.39 Å². The molecule has 18 heavy (non-hydrogen) atoms. The Labute approximate surface area is 120 Å². The van der Waals surface area contributed by atoms with Crippen molar-refractivity contribution >= 4 is 27.5 Å². The van der Waals surface area contributed by atoms with E-state index in [0.717, 1.165) is 19.4 Å². The van der Waals surface area contributed by atoms with Crippen LogP contribution in [0.15, 0.2) is 22.7 Å². The van der Waals surface area contributed by atoms with Crippen LogP contribution in [0.4, 0.5) is 4.39 Å². The minimum Gasteiger partial charge on any atom is -0.293 e. The van der Waals surface area contributed by atoms with E-state index in [9.17, 15) is 4.39 Å². The van der Waals surface area contributed by atoms with Crippen LogP contribution in [0, 0.1) is 5.82 Å². The first-order valence-electron chi connectivity index (χ1n) is 6.47. The third kappa shape index (κ3) is 2.45. The van der Waals surface area contributed by atoms with Crippen molar-refractivity contribution in [3.8, 4) is 0 Å². The van der Waals surface area contributed by atoms with Crippen molar-refractivity contribution in [1.29, 1.82) is 0 Å². The topological polar surface area (TPSA) is 3.24 Å².